The van der Waals surface area contributed by atoms with Crippen LogP contribution in [0.3, 0.4) is 0 Å². The number of unbranched alkanes of at least 4 members (excludes halogenated alkanes) is 11. The van der Waals surface area contributed by atoms with Crippen molar-refractivity contribution < 1.29 is 19.4 Å². The number of rotatable bonds is 19. The largest absolute Gasteiger partial charge is 0.481 e. The molecule has 0 saturated carbocycles. The number of hydrogen-bond donors (Lipinski definition) is 1. The molecule has 29 heavy (non-hydrogen) atoms. The molecule has 0 radical (unpaired) electrons. The van der Waals surface area contributed by atoms with Gasteiger partial charge >= 0.3 is 5.97 Å². The summed E-state index contributed by atoms with van der Waals surface area (Å²) in [5.74, 6) is -0.779. The van der Waals surface area contributed by atoms with Gasteiger partial charge in [0.15, 0.2) is 6.29 Å². The summed E-state index contributed by atoms with van der Waals surface area (Å²) in [6, 6.07) is 0. The molecule has 0 aromatic rings. The molecule has 4 nitrogen and oxygen atoms in total. The minimum absolute atomic E-state index is 0.0866. The third kappa shape index (κ3) is 16.6. The van der Waals surface area contributed by atoms with Gasteiger partial charge in [0.2, 0.25) is 0 Å². The highest BCUT2D eigenvalue weighted by atomic mass is 16.7. The molecule has 1 N–H and O–H groups in total. The number of carboxylic acids is 1. The van der Waals surface area contributed by atoms with E-state index in [0.717, 1.165) is 45.1 Å². The summed E-state index contributed by atoms with van der Waals surface area (Å²) in [7, 11) is 0. The Labute approximate surface area is 179 Å². The van der Waals surface area contributed by atoms with Gasteiger partial charge in [-0.05, 0) is 51.4 Å². The Balaban J connectivity index is 1.95. The van der Waals surface area contributed by atoms with Crippen molar-refractivity contribution in [2.75, 3.05) is 6.61 Å². The highest BCUT2D eigenvalue weighted by Gasteiger charge is 2.21. The van der Waals surface area contributed by atoms with Gasteiger partial charge in [-0.3, -0.25) is 4.79 Å². The Hall–Kier alpha value is -0.870. The van der Waals surface area contributed by atoms with Crippen LogP contribution >= 0.6 is 0 Å². The van der Waals surface area contributed by atoms with E-state index in [-0.39, 0.29) is 18.8 Å². The predicted molar refractivity (Wildman–Crippen MR) is 120 cm³/mol. The Bertz CT molecular complexity index is 402. The topological polar surface area (TPSA) is 55.8 Å². The maximum atomic E-state index is 11.1. The van der Waals surface area contributed by atoms with Crippen molar-refractivity contribution in [3.8, 4) is 0 Å². The van der Waals surface area contributed by atoms with Crippen LogP contribution < -0.4 is 0 Å². The van der Waals surface area contributed by atoms with Gasteiger partial charge in [-0.2, -0.15) is 0 Å². The molecule has 170 valence electrons. The fraction of sp³-hybridized carbons (Fsp3) is 0.880. The van der Waals surface area contributed by atoms with Crippen molar-refractivity contribution >= 4 is 5.97 Å². The molecule has 4 heteroatoms. The van der Waals surface area contributed by atoms with Crippen molar-refractivity contribution in [3.63, 3.8) is 0 Å². The van der Waals surface area contributed by atoms with Gasteiger partial charge < -0.3 is 14.6 Å². The van der Waals surface area contributed by atoms with Crippen LogP contribution in [-0.2, 0) is 14.3 Å². The van der Waals surface area contributed by atoms with Crippen LogP contribution in [0.2, 0.25) is 0 Å². The molecule has 1 heterocycles. The lowest BCUT2D eigenvalue weighted by molar-refractivity contribution is -0.193. The van der Waals surface area contributed by atoms with Crippen LogP contribution in [0.25, 0.3) is 0 Å². The number of ether oxygens (including phenoxy) is 2. The zero-order chi connectivity index (χ0) is 21.0. The van der Waals surface area contributed by atoms with Gasteiger partial charge in [-0.15, -0.1) is 0 Å². The van der Waals surface area contributed by atoms with Gasteiger partial charge in [0.05, 0.1) is 12.5 Å². The molecule has 1 unspecified atom stereocenters. The molecule has 1 rings (SSSR count). The van der Waals surface area contributed by atoms with Gasteiger partial charge in [0, 0.05) is 6.61 Å². The lowest BCUT2D eigenvalue weighted by atomic mass is 10.0. The molecule has 0 aromatic heterocycles. The highest BCUT2D eigenvalue weighted by molar-refractivity contribution is 5.67. The Morgan fingerprint density at radius 2 is 1.59 bits per heavy atom. The molecule has 1 aliphatic rings. The molecule has 1 aliphatic heterocycles. The number of hydrogen-bond acceptors (Lipinski definition) is 3. The van der Waals surface area contributed by atoms with E-state index in [1.54, 1.807) is 0 Å². The van der Waals surface area contributed by atoms with Crippen molar-refractivity contribution in [1.82, 2.24) is 0 Å². The highest BCUT2D eigenvalue weighted by Crippen LogP contribution is 2.20. The van der Waals surface area contributed by atoms with Crippen LogP contribution in [0.1, 0.15) is 122 Å². The van der Waals surface area contributed by atoms with Gasteiger partial charge in [-0.1, -0.05) is 76.9 Å². The third-order valence-electron chi connectivity index (χ3n) is 5.67. The van der Waals surface area contributed by atoms with Crippen LogP contribution in [0, 0.1) is 0 Å². The molecule has 0 amide bonds. The smallest absolute Gasteiger partial charge is 0.305 e. The van der Waals surface area contributed by atoms with Crippen LogP contribution in [0.5, 0.6) is 0 Å². The number of carboxylic acid groups (broad SMARTS) is 1. The molecule has 1 saturated heterocycles. The molecule has 0 aliphatic carbocycles. The van der Waals surface area contributed by atoms with Crippen molar-refractivity contribution in [3.05, 3.63) is 12.2 Å². The van der Waals surface area contributed by atoms with Crippen molar-refractivity contribution in [1.29, 1.82) is 0 Å². The lowest BCUT2D eigenvalue weighted by Crippen LogP contribution is -2.29. The number of carbonyl (C=O) groups is 1. The van der Waals surface area contributed by atoms with E-state index in [2.05, 4.69) is 19.1 Å². The quantitative estimate of drug-likeness (QED) is 0.178. The number of aliphatic carboxylic acids is 1. The summed E-state index contributed by atoms with van der Waals surface area (Å²) in [5.41, 5.74) is 0. The third-order valence-corrected chi connectivity index (χ3v) is 5.67. The van der Waals surface area contributed by atoms with E-state index in [1.165, 1.54) is 70.6 Å². The summed E-state index contributed by atoms with van der Waals surface area (Å²) in [4.78, 5) is 11.1. The fourth-order valence-electron chi connectivity index (χ4n) is 3.89. The molecule has 0 aromatic carbocycles. The van der Waals surface area contributed by atoms with Crippen molar-refractivity contribution in [2.45, 2.75) is 135 Å². The zero-order valence-electron chi connectivity index (χ0n) is 18.9. The van der Waals surface area contributed by atoms with E-state index < -0.39 is 5.97 Å². The average Bonchev–Trinajstić information content (AvgIpc) is 2.71. The normalized spacial score (nSPS) is 18.3. The molecule has 0 spiro atoms. The van der Waals surface area contributed by atoms with Gasteiger partial charge in [-0.25, -0.2) is 0 Å². The standard InChI is InChI=1S/C25H46O4/c1-2-3-4-5-6-7-8-9-10-11-12-13-14-15-16-19-23(22-24(26)27)29-25-20-17-18-21-28-25/h9-10,23,25H,2-8,11-22H2,1H3,(H,26,27)/b10-9-/t23?,25-/m1/s1. The fourth-order valence-corrected chi connectivity index (χ4v) is 3.89. The first kappa shape index (κ1) is 26.2. The van der Waals surface area contributed by atoms with Gasteiger partial charge in [0.1, 0.15) is 0 Å². The minimum Gasteiger partial charge on any atom is -0.481 e. The van der Waals surface area contributed by atoms with Crippen LogP contribution in [0.4, 0.5) is 0 Å². The summed E-state index contributed by atoms with van der Waals surface area (Å²) in [6.07, 6.45) is 24.9. The average molecular weight is 411 g/mol. The minimum atomic E-state index is -0.779. The molecule has 2 atom stereocenters. The van der Waals surface area contributed by atoms with E-state index in [1.807, 2.05) is 0 Å². The maximum absolute atomic E-state index is 11.1. The lowest BCUT2D eigenvalue weighted by Gasteiger charge is -2.27. The summed E-state index contributed by atoms with van der Waals surface area (Å²) < 4.78 is 11.5. The molecule has 0 bridgehead atoms. The molecule has 1 fully saturated rings. The second-order valence-corrected chi connectivity index (χ2v) is 8.53. The predicted octanol–water partition coefficient (Wildman–Crippen LogP) is 7.41. The summed E-state index contributed by atoms with van der Waals surface area (Å²) in [5, 5.41) is 9.11. The Kier molecular flexibility index (Phi) is 17.2. The molecular weight excluding hydrogens is 364 g/mol. The van der Waals surface area contributed by atoms with Crippen LogP contribution in [0.15, 0.2) is 12.2 Å². The monoisotopic (exact) mass is 410 g/mol. The second-order valence-electron chi connectivity index (χ2n) is 8.53. The van der Waals surface area contributed by atoms with E-state index >= 15 is 0 Å². The van der Waals surface area contributed by atoms with E-state index in [4.69, 9.17) is 14.6 Å². The SMILES string of the molecule is CCCCCCCC/C=C\CCCCCCCC(CC(=O)O)O[C@@H]1CCCCO1. The summed E-state index contributed by atoms with van der Waals surface area (Å²) >= 11 is 0. The van der Waals surface area contributed by atoms with Crippen LogP contribution in [-0.4, -0.2) is 30.1 Å². The molecular formula is C25H46O4. The van der Waals surface area contributed by atoms with E-state index in [0.29, 0.717) is 0 Å². The maximum Gasteiger partial charge on any atom is 0.305 e. The first-order chi connectivity index (χ1) is 14.2. The number of allylic oxidation sites excluding steroid dienone is 2. The zero-order valence-corrected chi connectivity index (χ0v) is 18.9. The second kappa shape index (κ2) is 19.1. The Morgan fingerprint density at radius 3 is 2.17 bits per heavy atom. The first-order valence-corrected chi connectivity index (χ1v) is 12.4. The summed E-state index contributed by atoms with van der Waals surface area (Å²) in [6.45, 7) is 3.00. The Morgan fingerprint density at radius 1 is 0.966 bits per heavy atom. The first-order valence-electron chi connectivity index (χ1n) is 12.4. The van der Waals surface area contributed by atoms with Crippen molar-refractivity contribution in [2.24, 2.45) is 0 Å². The van der Waals surface area contributed by atoms with Gasteiger partial charge in [0.25, 0.3) is 0 Å². The van der Waals surface area contributed by atoms with E-state index in [9.17, 15) is 4.79 Å².